The molecule has 0 aromatic heterocycles. The van der Waals surface area contributed by atoms with Gasteiger partial charge < -0.3 is 9.47 Å². The molecule has 3 nitrogen and oxygen atoms in total. The van der Waals surface area contributed by atoms with E-state index in [9.17, 15) is 4.79 Å². The molecule has 0 aromatic carbocycles. The Bertz CT molecular complexity index is 271. The summed E-state index contributed by atoms with van der Waals surface area (Å²) in [7, 11) is 0. The van der Waals surface area contributed by atoms with E-state index in [1.807, 2.05) is 0 Å². The molecule has 3 heteroatoms. The highest BCUT2D eigenvalue weighted by atomic mass is 16.5. The molecule has 2 heterocycles. The molecule has 2 rings (SSSR count). The van der Waals surface area contributed by atoms with Crippen molar-refractivity contribution in [2.45, 2.75) is 64.4 Å². The maximum absolute atomic E-state index is 12.2. The molecule has 0 radical (unpaired) electrons. The third-order valence-corrected chi connectivity index (χ3v) is 4.65. The number of ether oxygens (including phenoxy) is 2. The van der Waals surface area contributed by atoms with Gasteiger partial charge in [0.15, 0.2) is 0 Å². The average Bonchev–Trinajstić information content (AvgIpc) is 2.93. The maximum atomic E-state index is 12.2. The van der Waals surface area contributed by atoms with Crippen LogP contribution in [-0.4, -0.2) is 31.7 Å². The van der Waals surface area contributed by atoms with Crippen LogP contribution < -0.4 is 0 Å². The highest BCUT2D eigenvalue weighted by molar-refractivity contribution is 5.81. The lowest BCUT2D eigenvalue weighted by molar-refractivity contribution is -0.124. The van der Waals surface area contributed by atoms with Crippen molar-refractivity contribution in [2.24, 2.45) is 11.8 Å². The van der Waals surface area contributed by atoms with Crippen molar-refractivity contribution in [2.75, 3.05) is 19.8 Å². The van der Waals surface area contributed by atoms with E-state index in [0.29, 0.717) is 5.78 Å². The zero-order chi connectivity index (χ0) is 13.5. The zero-order valence-corrected chi connectivity index (χ0v) is 12.2. The molecule has 0 amide bonds. The van der Waals surface area contributed by atoms with Crippen molar-refractivity contribution >= 4 is 5.78 Å². The Kier molecular flexibility index (Phi) is 6.32. The molecule has 2 aliphatic heterocycles. The predicted molar refractivity (Wildman–Crippen MR) is 75.2 cm³/mol. The first-order chi connectivity index (χ1) is 9.31. The van der Waals surface area contributed by atoms with Gasteiger partial charge in [-0.05, 0) is 38.0 Å². The van der Waals surface area contributed by atoms with Gasteiger partial charge in [0.1, 0.15) is 5.78 Å². The van der Waals surface area contributed by atoms with Crippen LogP contribution in [0.1, 0.15) is 58.3 Å². The molecule has 0 spiro atoms. The second kappa shape index (κ2) is 8.01. The molecule has 2 saturated heterocycles. The van der Waals surface area contributed by atoms with Crippen LogP contribution in [0.25, 0.3) is 0 Å². The van der Waals surface area contributed by atoms with E-state index in [-0.39, 0.29) is 12.0 Å². The number of hydrogen-bond acceptors (Lipinski definition) is 3. The van der Waals surface area contributed by atoms with Gasteiger partial charge in [-0.15, -0.1) is 0 Å². The Morgan fingerprint density at radius 2 is 1.89 bits per heavy atom. The summed E-state index contributed by atoms with van der Waals surface area (Å²) in [6.45, 7) is 4.75. The Balaban J connectivity index is 1.58. The van der Waals surface area contributed by atoms with Crippen LogP contribution in [0, 0.1) is 11.8 Å². The summed E-state index contributed by atoms with van der Waals surface area (Å²) in [5, 5.41) is 0. The SMILES string of the molecule is CCC1OCCC1C(=O)CCCCC1CCOCC1. The normalized spacial score (nSPS) is 28.7. The summed E-state index contributed by atoms with van der Waals surface area (Å²) in [5.41, 5.74) is 0. The van der Waals surface area contributed by atoms with Crippen molar-refractivity contribution in [1.29, 1.82) is 0 Å². The lowest BCUT2D eigenvalue weighted by atomic mass is 9.90. The van der Waals surface area contributed by atoms with E-state index in [1.165, 1.54) is 25.7 Å². The van der Waals surface area contributed by atoms with Crippen LogP contribution >= 0.6 is 0 Å². The minimum atomic E-state index is 0.188. The van der Waals surface area contributed by atoms with Crippen LogP contribution in [0.15, 0.2) is 0 Å². The maximum Gasteiger partial charge on any atom is 0.138 e. The first-order valence-electron chi connectivity index (χ1n) is 8.03. The molecule has 110 valence electrons. The predicted octanol–water partition coefficient (Wildman–Crippen LogP) is 3.36. The summed E-state index contributed by atoms with van der Waals surface area (Å²) >= 11 is 0. The van der Waals surface area contributed by atoms with Crippen molar-refractivity contribution in [3.63, 3.8) is 0 Å². The van der Waals surface area contributed by atoms with Crippen molar-refractivity contribution in [3.8, 4) is 0 Å². The Morgan fingerprint density at radius 3 is 2.63 bits per heavy atom. The molecule has 19 heavy (non-hydrogen) atoms. The third-order valence-electron chi connectivity index (χ3n) is 4.65. The number of hydrogen-bond donors (Lipinski definition) is 0. The summed E-state index contributed by atoms with van der Waals surface area (Å²) in [6, 6.07) is 0. The zero-order valence-electron chi connectivity index (χ0n) is 12.2. The van der Waals surface area contributed by atoms with E-state index >= 15 is 0 Å². The van der Waals surface area contributed by atoms with Gasteiger partial charge in [-0.3, -0.25) is 4.79 Å². The Morgan fingerprint density at radius 1 is 1.11 bits per heavy atom. The summed E-state index contributed by atoms with van der Waals surface area (Å²) in [5.74, 6) is 1.46. The smallest absolute Gasteiger partial charge is 0.138 e. The molecule has 0 saturated carbocycles. The number of ketones is 1. The van der Waals surface area contributed by atoms with Crippen LogP contribution in [0.2, 0.25) is 0 Å². The standard InChI is InChI=1S/C16H28O3/c1-2-16-14(9-12-19-16)15(17)6-4-3-5-13-7-10-18-11-8-13/h13-14,16H,2-12H2,1H3. The lowest BCUT2D eigenvalue weighted by Crippen LogP contribution is -2.23. The molecule has 2 fully saturated rings. The lowest BCUT2D eigenvalue weighted by Gasteiger charge is -2.21. The van der Waals surface area contributed by atoms with Gasteiger partial charge in [0.2, 0.25) is 0 Å². The van der Waals surface area contributed by atoms with Gasteiger partial charge in [-0.2, -0.15) is 0 Å². The summed E-state index contributed by atoms with van der Waals surface area (Å²) < 4.78 is 11.0. The summed E-state index contributed by atoms with van der Waals surface area (Å²) in [4.78, 5) is 12.2. The average molecular weight is 268 g/mol. The number of rotatable bonds is 7. The van der Waals surface area contributed by atoms with Gasteiger partial charge in [-0.25, -0.2) is 0 Å². The largest absolute Gasteiger partial charge is 0.381 e. The highest BCUT2D eigenvalue weighted by Gasteiger charge is 2.31. The second-order valence-electron chi connectivity index (χ2n) is 5.98. The molecule has 0 bridgehead atoms. The van der Waals surface area contributed by atoms with Gasteiger partial charge in [-0.1, -0.05) is 19.8 Å². The first-order valence-corrected chi connectivity index (χ1v) is 8.03. The fourth-order valence-corrected chi connectivity index (χ4v) is 3.37. The molecular formula is C16H28O3. The van der Waals surface area contributed by atoms with Gasteiger partial charge in [0, 0.05) is 32.2 Å². The monoisotopic (exact) mass is 268 g/mol. The Hall–Kier alpha value is -0.410. The van der Waals surface area contributed by atoms with Crippen LogP contribution in [0.3, 0.4) is 0 Å². The van der Waals surface area contributed by atoms with E-state index in [0.717, 1.165) is 51.4 Å². The quantitative estimate of drug-likeness (QED) is 0.664. The van der Waals surface area contributed by atoms with E-state index in [1.54, 1.807) is 0 Å². The van der Waals surface area contributed by atoms with Crippen LogP contribution in [-0.2, 0) is 14.3 Å². The first kappa shape index (κ1) is 15.0. The van der Waals surface area contributed by atoms with Gasteiger partial charge >= 0.3 is 0 Å². The third kappa shape index (κ3) is 4.57. The second-order valence-corrected chi connectivity index (χ2v) is 5.98. The van der Waals surface area contributed by atoms with Crippen molar-refractivity contribution in [3.05, 3.63) is 0 Å². The molecular weight excluding hydrogens is 240 g/mol. The van der Waals surface area contributed by atoms with E-state index in [2.05, 4.69) is 6.92 Å². The van der Waals surface area contributed by atoms with Crippen LogP contribution in [0.4, 0.5) is 0 Å². The minimum absolute atomic E-state index is 0.188. The number of unbranched alkanes of at least 4 members (excludes halogenated alkanes) is 1. The number of carbonyl (C=O) groups is 1. The molecule has 0 N–H and O–H groups in total. The Labute approximate surface area is 117 Å². The van der Waals surface area contributed by atoms with Gasteiger partial charge in [0.25, 0.3) is 0 Å². The molecule has 0 aliphatic carbocycles. The fraction of sp³-hybridized carbons (Fsp3) is 0.938. The minimum Gasteiger partial charge on any atom is -0.381 e. The van der Waals surface area contributed by atoms with Crippen LogP contribution in [0.5, 0.6) is 0 Å². The summed E-state index contributed by atoms with van der Waals surface area (Å²) in [6.07, 6.45) is 8.82. The molecule has 0 aromatic rings. The highest BCUT2D eigenvalue weighted by Crippen LogP contribution is 2.27. The van der Waals surface area contributed by atoms with Crippen molar-refractivity contribution < 1.29 is 14.3 Å². The molecule has 2 unspecified atom stereocenters. The molecule has 2 atom stereocenters. The van der Waals surface area contributed by atoms with E-state index in [4.69, 9.17) is 9.47 Å². The number of Topliss-reactive ketones (excluding diaryl/α,β-unsaturated/α-hetero) is 1. The van der Waals surface area contributed by atoms with E-state index < -0.39 is 0 Å². The fourth-order valence-electron chi connectivity index (χ4n) is 3.37. The van der Waals surface area contributed by atoms with Gasteiger partial charge in [0.05, 0.1) is 6.10 Å². The molecule has 2 aliphatic rings. The van der Waals surface area contributed by atoms with Crippen molar-refractivity contribution in [1.82, 2.24) is 0 Å². The topological polar surface area (TPSA) is 35.5 Å². The number of carbonyl (C=O) groups excluding carboxylic acids is 1.